The monoisotopic (exact) mass is 319 g/mol. The van der Waals surface area contributed by atoms with Gasteiger partial charge in [-0.3, -0.25) is 4.98 Å². The quantitative estimate of drug-likeness (QED) is 0.892. The number of amides is 1. The highest BCUT2D eigenvalue weighted by molar-refractivity contribution is 7.89. The van der Waals surface area contributed by atoms with Crippen molar-refractivity contribution in [3.05, 3.63) is 23.5 Å². The Bertz CT molecular complexity index is 607. The molecule has 1 saturated heterocycles. The van der Waals surface area contributed by atoms with E-state index in [9.17, 15) is 13.2 Å². The van der Waals surface area contributed by atoms with Crippen molar-refractivity contribution in [1.29, 1.82) is 0 Å². The van der Waals surface area contributed by atoms with Gasteiger partial charge in [-0.2, -0.15) is 4.31 Å². The van der Waals surface area contributed by atoms with Crippen LogP contribution in [0.15, 0.2) is 23.4 Å². The molecule has 1 fully saturated rings. The Morgan fingerprint density at radius 3 is 3.00 bits per heavy atom. The first-order valence-corrected chi connectivity index (χ1v) is 7.71. The number of pyridine rings is 1. The molecule has 20 heavy (non-hydrogen) atoms. The van der Waals surface area contributed by atoms with Crippen molar-refractivity contribution in [2.75, 3.05) is 20.2 Å². The van der Waals surface area contributed by atoms with Crippen LogP contribution in [0.3, 0.4) is 0 Å². The normalized spacial score (nSPS) is 19.8. The molecule has 1 amide bonds. The molecule has 0 aliphatic carbocycles. The number of hydrogen-bond donors (Lipinski definition) is 1. The minimum atomic E-state index is -3.70. The molecule has 0 bridgehead atoms. The molecular formula is C11H14ClN3O4S. The van der Waals surface area contributed by atoms with Crippen molar-refractivity contribution in [3.8, 4) is 0 Å². The second kappa shape index (κ2) is 5.94. The molecule has 1 N–H and O–H groups in total. The van der Waals surface area contributed by atoms with Crippen LogP contribution in [-0.2, 0) is 14.8 Å². The number of nitrogens with one attached hydrogen (secondary N) is 1. The first kappa shape index (κ1) is 15.0. The van der Waals surface area contributed by atoms with Gasteiger partial charge >= 0.3 is 6.09 Å². The molecule has 1 atom stereocenters. The molecule has 1 unspecified atom stereocenters. The van der Waals surface area contributed by atoms with Gasteiger partial charge in [-0.1, -0.05) is 11.6 Å². The van der Waals surface area contributed by atoms with Crippen molar-refractivity contribution >= 4 is 27.7 Å². The predicted octanol–water partition coefficient (Wildman–Crippen LogP) is 0.854. The lowest BCUT2D eigenvalue weighted by molar-refractivity contribution is 0.167. The zero-order valence-corrected chi connectivity index (χ0v) is 12.3. The Balaban J connectivity index is 2.13. The molecule has 0 aromatic carbocycles. The van der Waals surface area contributed by atoms with Crippen molar-refractivity contribution in [1.82, 2.24) is 14.6 Å². The molecule has 0 spiro atoms. The van der Waals surface area contributed by atoms with Crippen LogP contribution in [0.4, 0.5) is 4.79 Å². The van der Waals surface area contributed by atoms with Gasteiger partial charge in [0, 0.05) is 31.5 Å². The number of aromatic nitrogens is 1. The van der Waals surface area contributed by atoms with Crippen LogP contribution in [0.2, 0.25) is 5.02 Å². The summed E-state index contributed by atoms with van der Waals surface area (Å²) in [7, 11) is -2.44. The average molecular weight is 320 g/mol. The van der Waals surface area contributed by atoms with Gasteiger partial charge in [-0.25, -0.2) is 13.2 Å². The lowest BCUT2D eigenvalue weighted by Gasteiger charge is -2.17. The van der Waals surface area contributed by atoms with Crippen molar-refractivity contribution < 1.29 is 17.9 Å². The highest BCUT2D eigenvalue weighted by atomic mass is 35.5. The smallest absolute Gasteiger partial charge is 0.407 e. The number of sulfonamides is 1. The molecular weight excluding hydrogens is 306 g/mol. The van der Waals surface area contributed by atoms with E-state index in [-0.39, 0.29) is 22.5 Å². The van der Waals surface area contributed by atoms with Gasteiger partial charge in [-0.05, 0) is 12.5 Å². The highest BCUT2D eigenvalue weighted by Crippen LogP contribution is 2.26. The summed E-state index contributed by atoms with van der Waals surface area (Å²) >= 11 is 5.89. The Labute approximate surface area is 121 Å². The Hall–Kier alpha value is -1.38. The van der Waals surface area contributed by atoms with Crippen LogP contribution in [0.1, 0.15) is 6.42 Å². The number of carbonyl (C=O) groups excluding carboxylic acids is 1. The number of rotatable bonds is 3. The van der Waals surface area contributed by atoms with Crippen LogP contribution < -0.4 is 5.32 Å². The molecule has 0 saturated carbocycles. The predicted molar refractivity (Wildman–Crippen MR) is 72.0 cm³/mol. The molecule has 2 rings (SSSR count). The molecule has 0 radical (unpaired) electrons. The zero-order valence-electron chi connectivity index (χ0n) is 10.7. The van der Waals surface area contributed by atoms with E-state index in [1.165, 1.54) is 29.9 Å². The van der Waals surface area contributed by atoms with Gasteiger partial charge in [0.05, 0.1) is 12.1 Å². The van der Waals surface area contributed by atoms with Crippen LogP contribution in [0.25, 0.3) is 0 Å². The van der Waals surface area contributed by atoms with Gasteiger partial charge < -0.3 is 10.1 Å². The highest BCUT2D eigenvalue weighted by Gasteiger charge is 2.34. The fraction of sp³-hybridized carbons (Fsp3) is 0.455. The SMILES string of the molecule is COC(=O)NC1CCN(S(=O)(=O)c2cnccc2Cl)C1. The summed E-state index contributed by atoms with van der Waals surface area (Å²) in [5, 5.41) is 2.71. The van der Waals surface area contributed by atoms with E-state index in [2.05, 4.69) is 15.0 Å². The molecule has 2 heterocycles. The number of alkyl carbamates (subject to hydrolysis) is 1. The van der Waals surface area contributed by atoms with Crippen molar-refractivity contribution in [2.45, 2.75) is 17.4 Å². The largest absolute Gasteiger partial charge is 0.453 e. The summed E-state index contributed by atoms with van der Waals surface area (Å²) in [5.74, 6) is 0. The van der Waals surface area contributed by atoms with Crippen LogP contribution >= 0.6 is 11.6 Å². The standard InChI is InChI=1S/C11H14ClN3O4S/c1-19-11(16)14-8-3-5-15(7-8)20(17,18)10-6-13-4-2-9(10)12/h2,4,6,8H,3,5,7H2,1H3,(H,14,16). The third-order valence-electron chi connectivity index (χ3n) is 3.01. The molecule has 1 aliphatic heterocycles. The Kier molecular flexibility index (Phi) is 4.46. The summed E-state index contributed by atoms with van der Waals surface area (Å²) in [4.78, 5) is 14.9. The van der Waals surface area contributed by atoms with Crippen molar-refractivity contribution in [3.63, 3.8) is 0 Å². The van der Waals surface area contributed by atoms with Crippen LogP contribution in [0, 0.1) is 0 Å². The van der Waals surface area contributed by atoms with Gasteiger partial charge in [0.15, 0.2) is 0 Å². The number of nitrogens with zero attached hydrogens (tertiary/aromatic N) is 2. The maximum absolute atomic E-state index is 12.4. The summed E-state index contributed by atoms with van der Waals surface area (Å²) in [6, 6.07) is 1.15. The summed E-state index contributed by atoms with van der Waals surface area (Å²) in [6.45, 7) is 0.491. The number of carbonyl (C=O) groups is 1. The lowest BCUT2D eigenvalue weighted by atomic mass is 10.3. The molecule has 7 nitrogen and oxygen atoms in total. The molecule has 1 aromatic heterocycles. The summed E-state index contributed by atoms with van der Waals surface area (Å²) < 4.78 is 30.6. The summed E-state index contributed by atoms with van der Waals surface area (Å²) in [6.07, 6.45) is 2.59. The number of hydrogen-bond acceptors (Lipinski definition) is 5. The van der Waals surface area contributed by atoms with E-state index < -0.39 is 16.1 Å². The second-order valence-electron chi connectivity index (χ2n) is 4.29. The lowest BCUT2D eigenvalue weighted by Crippen LogP contribution is -2.38. The van der Waals surface area contributed by atoms with Gasteiger partial charge in [0.1, 0.15) is 4.90 Å². The Morgan fingerprint density at radius 2 is 2.35 bits per heavy atom. The fourth-order valence-corrected chi connectivity index (χ4v) is 3.89. The van der Waals surface area contributed by atoms with E-state index in [1.807, 2.05) is 0 Å². The molecule has 1 aliphatic rings. The van der Waals surface area contributed by atoms with Crippen LogP contribution in [0.5, 0.6) is 0 Å². The van der Waals surface area contributed by atoms with Gasteiger partial charge in [-0.15, -0.1) is 0 Å². The van der Waals surface area contributed by atoms with E-state index in [0.29, 0.717) is 13.0 Å². The molecule has 110 valence electrons. The number of ether oxygens (including phenoxy) is 1. The third kappa shape index (κ3) is 3.02. The van der Waals surface area contributed by atoms with E-state index in [1.54, 1.807) is 0 Å². The van der Waals surface area contributed by atoms with E-state index in [0.717, 1.165) is 0 Å². The second-order valence-corrected chi connectivity index (χ2v) is 6.60. The molecule has 1 aromatic rings. The van der Waals surface area contributed by atoms with Gasteiger partial charge in [0.2, 0.25) is 10.0 Å². The maximum Gasteiger partial charge on any atom is 0.407 e. The molecule has 9 heteroatoms. The average Bonchev–Trinajstić information content (AvgIpc) is 2.88. The zero-order chi connectivity index (χ0) is 14.8. The number of methoxy groups -OCH3 is 1. The van der Waals surface area contributed by atoms with E-state index in [4.69, 9.17) is 11.6 Å². The maximum atomic E-state index is 12.4. The third-order valence-corrected chi connectivity index (χ3v) is 5.34. The summed E-state index contributed by atoms with van der Waals surface area (Å²) in [5.41, 5.74) is 0. The van der Waals surface area contributed by atoms with E-state index >= 15 is 0 Å². The Morgan fingerprint density at radius 1 is 1.60 bits per heavy atom. The topological polar surface area (TPSA) is 88.6 Å². The van der Waals surface area contributed by atoms with Crippen LogP contribution in [-0.4, -0.2) is 50.0 Å². The first-order valence-electron chi connectivity index (χ1n) is 5.89. The number of halogens is 1. The minimum Gasteiger partial charge on any atom is -0.453 e. The van der Waals surface area contributed by atoms with Gasteiger partial charge in [0.25, 0.3) is 0 Å². The fourth-order valence-electron chi connectivity index (χ4n) is 1.98. The first-order chi connectivity index (χ1) is 9.45. The minimum absolute atomic E-state index is 0.0274. The van der Waals surface area contributed by atoms with Crippen molar-refractivity contribution in [2.24, 2.45) is 0 Å².